The van der Waals surface area contributed by atoms with E-state index in [1.807, 2.05) is 0 Å². The molecule has 1 saturated carbocycles. The molecule has 8 nitrogen and oxygen atoms in total. The maximum absolute atomic E-state index is 12.9. The Morgan fingerprint density at radius 3 is 2.31 bits per heavy atom. The molecule has 0 spiro atoms. The van der Waals surface area contributed by atoms with Gasteiger partial charge in [0.2, 0.25) is 5.91 Å². The molecular formula is C23H27N3O5S. The van der Waals surface area contributed by atoms with E-state index in [2.05, 4.69) is 10.0 Å². The molecule has 2 aromatic rings. The number of methoxy groups -OCH3 is 1. The highest BCUT2D eigenvalue weighted by Gasteiger charge is 2.32. The van der Waals surface area contributed by atoms with Crippen molar-refractivity contribution >= 4 is 27.5 Å². The molecule has 1 aliphatic heterocycles. The Morgan fingerprint density at radius 1 is 1.00 bits per heavy atom. The molecule has 1 saturated heterocycles. The van der Waals surface area contributed by atoms with E-state index in [-0.39, 0.29) is 22.6 Å². The molecule has 9 heteroatoms. The van der Waals surface area contributed by atoms with Gasteiger partial charge in [-0.15, -0.1) is 0 Å². The fourth-order valence-corrected chi connectivity index (χ4v) is 4.81. The Bertz CT molecular complexity index is 1080. The number of hydrogen-bond donors (Lipinski definition) is 2. The normalized spacial score (nSPS) is 18.7. The second kappa shape index (κ2) is 9.20. The van der Waals surface area contributed by atoms with Crippen molar-refractivity contribution in [1.82, 2.24) is 10.2 Å². The average Bonchev–Trinajstić information content (AvgIpc) is 3.63. The topological polar surface area (TPSA) is 105 Å². The maximum Gasteiger partial charge on any atom is 0.261 e. The number of sulfonamides is 1. The minimum absolute atomic E-state index is 0.0355. The van der Waals surface area contributed by atoms with Crippen LogP contribution in [0, 0.1) is 5.92 Å². The summed E-state index contributed by atoms with van der Waals surface area (Å²) in [6.07, 6.45) is 3.65. The molecule has 32 heavy (non-hydrogen) atoms. The van der Waals surface area contributed by atoms with Gasteiger partial charge in [0, 0.05) is 30.4 Å². The van der Waals surface area contributed by atoms with E-state index in [9.17, 15) is 18.0 Å². The number of hydrogen-bond acceptors (Lipinski definition) is 5. The summed E-state index contributed by atoms with van der Waals surface area (Å²) < 4.78 is 32.7. The van der Waals surface area contributed by atoms with Crippen molar-refractivity contribution in [2.24, 2.45) is 5.92 Å². The number of rotatable bonds is 7. The van der Waals surface area contributed by atoms with E-state index in [1.165, 1.54) is 19.2 Å². The summed E-state index contributed by atoms with van der Waals surface area (Å²) >= 11 is 0. The van der Waals surface area contributed by atoms with Crippen LogP contribution in [-0.2, 0) is 14.8 Å². The van der Waals surface area contributed by atoms with Crippen LogP contribution in [0.4, 0.5) is 5.69 Å². The van der Waals surface area contributed by atoms with Gasteiger partial charge in [-0.3, -0.25) is 14.3 Å². The van der Waals surface area contributed by atoms with Crippen molar-refractivity contribution in [2.45, 2.75) is 36.6 Å². The highest BCUT2D eigenvalue weighted by Crippen LogP contribution is 2.24. The van der Waals surface area contributed by atoms with Crippen molar-refractivity contribution in [3.05, 3.63) is 54.1 Å². The van der Waals surface area contributed by atoms with Gasteiger partial charge in [-0.1, -0.05) is 0 Å². The Hall–Kier alpha value is -3.07. The van der Waals surface area contributed by atoms with E-state index < -0.39 is 10.0 Å². The zero-order valence-electron chi connectivity index (χ0n) is 17.9. The number of likely N-dealkylation sites (tertiary alicyclic amines) is 1. The van der Waals surface area contributed by atoms with Crippen molar-refractivity contribution in [1.29, 1.82) is 0 Å². The lowest BCUT2D eigenvalue weighted by atomic mass is 9.96. The van der Waals surface area contributed by atoms with Crippen LogP contribution < -0.4 is 14.8 Å². The summed E-state index contributed by atoms with van der Waals surface area (Å²) in [5.41, 5.74) is 0.818. The lowest BCUT2D eigenvalue weighted by Gasteiger charge is -2.32. The first-order chi connectivity index (χ1) is 15.4. The van der Waals surface area contributed by atoms with Crippen molar-refractivity contribution in [3.63, 3.8) is 0 Å². The molecule has 1 aliphatic carbocycles. The van der Waals surface area contributed by atoms with E-state index in [0.717, 1.165) is 25.7 Å². The summed E-state index contributed by atoms with van der Waals surface area (Å²) in [6.45, 7) is 1.02. The highest BCUT2D eigenvalue weighted by atomic mass is 32.2. The first kappa shape index (κ1) is 22.1. The molecule has 170 valence electrons. The van der Waals surface area contributed by atoms with Gasteiger partial charge in [-0.2, -0.15) is 0 Å². The molecule has 1 atom stereocenters. The minimum atomic E-state index is -3.76. The summed E-state index contributed by atoms with van der Waals surface area (Å²) in [5, 5.41) is 3.02. The van der Waals surface area contributed by atoms with Crippen LogP contribution in [0.3, 0.4) is 0 Å². The van der Waals surface area contributed by atoms with Crippen LogP contribution in [0.25, 0.3) is 0 Å². The smallest absolute Gasteiger partial charge is 0.261 e. The summed E-state index contributed by atoms with van der Waals surface area (Å²) in [6, 6.07) is 12.7. The van der Waals surface area contributed by atoms with E-state index >= 15 is 0 Å². The zero-order valence-corrected chi connectivity index (χ0v) is 18.7. The number of benzene rings is 2. The third-order valence-corrected chi connectivity index (χ3v) is 7.15. The Labute approximate surface area is 188 Å². The van der Waals surface area contributed by atoms with Gasteiger partial charge in [-0.25, -0.2) is 8.42 Å². The number of nitrogens with one attached hydrogen (secondary N) is 2. The quantitative estimate of drug-likeness (QED) is 0.665. The largest absolute Gasteiger partial charge is 0.497 e. The number of ether oxygens (including phenoxy) is 1. The number of nitrogens with zero attached hydrogens (tertiary/aromatic N) is 1. The van der Waals surface area contributed by atoms with Crippen molar-refractivity contribution in [3.8, 4) is 5.75 Å². The number of carbonyl (C=O) groups excluding carboxylic acids is 2. The molecule has 2 N–H and O–H groups in total. The fraction of sp³-hybridized carbons (Fsp3) is 0.391. The number of amides is 2. The lowest BCUT2D eigenvalue weighted by Crippen LogP contribution is -2.45. The highest BCUT2D eigenvalue weighted by molar-refractivity contribution is 7.92. The first-order valence-corrected chi connectivity index (χ1v) is 12.2. The van der Waals surface area contributed by atoms with Crippen LogP contribution in [-0.4, -0.2) is 51.4 Å². The molecule has 4 rings (SSSR count). The van der Waals surface area contributed by atoms with E-state index in [4.69, 9.17) is 4.74 Å². The molecule has 0 aromatic heterocycles. The molecule has 1 heterocycles. The van der Waals surface area contributed by atoms with Gasteiger partial charge in [-0.05, 0) is 74.2 Å². The number of carbonyl (C=O) groups is 2. The molecule has 2 amide bonds. The van der Waals surface area contributed by atoms with Crippen LogP contribution in [0.1, 0.15) is 36.0 Å². The lowest BCUT2D eigenvalue weighted by molar-refractivity contribution is -0.126. The first-order valence-electron chi connectivity index (χ1n) is 10.7. The maximum atomic E-state index is 12.9. The van der Waals surface area contributed by atoms with Gasteiger partial charge >= 0.3 is 0 Å². The summed E-state index contributed by atoms with van der Waals surface area (Å²) in [7, 11) is -2.25. The predicted octanol–water partition coefficient (Wildman–Crippen LogP) is 2.63. The molecule has 1 unspecified atom stereocenters. The number of anilines is 1. The van der Waals surface area contributed by atoms with E-state index in [0.29, 0.717) is 36.1 Å². The van der Waals surface area contributed by atoms with Crippen LogP contribution in [0.15, 0.2) is 53.4 Å². The molecule has 0 radical (unpaired) electrons. The molecular weight excluding hydrogens is 430 g/mol. The van der Waals surface area contributed by atoms with Gasteiger partial charge in [0.1, 0.15) is 5.75 Å². The van der Waals surface area contributed by atoms with Gasteiger partial charge in [0.15, 0.2) is 0 Å². The zero-order chi connectivity index (χ0) is 22.7. The predicted molar refractivity (Wildman–Crippen MR) is 120 cm³/mol. The SMILES string of the molecule is COc1ccc(S(=O)(=O)Nc2ccc(C(=O)N3CCCC(C(=O)NC4CC4)C3)cc2)cc1. The van der Waals surface area contributed by atoms with Crippen LogP contribution in [0.5, 0.6) is 5.75 Å². The third kappa shape index (κ3) is 5.21. The number of piperidine rings is 1. The Balaban J connectivity index is 1.39. The molecule has 2 aliphatic rings. The third-order valence-electron chi connectivity index (χ3n) is 5.76. The van der Waals surface area contributed by atoms with Crippen LogP contribution >= 0.6 is 0 Å². The Kier molecular flexibility index (Phi) is 6.36. The fourth-order valence-electron chi connectivity index (χ4n) is 3.75. The Morgan fingerprint density at radius 2 is 1.69 bits per heavy atom. The van der Waals surface area contributed by atoms with Gasteiger partial charge in [0.05, 0.1) is 17.9 Å². The monoisotopic (exact) mass is 457 g/mol. The van der Waals surface area contributed by atoms with Crippen molar-refractivity contribution in [2.75, 3.05) is 24.9 Å². The average molecular weight is 458 g/mol. The van der Waals surface area contributed by atoms with Crippen LogP contribution in [0.2, 0.25) is 0 Å². The standard InChI is InChI=1S/C23H27N3O5S/c1-31-20-10-12-21(13-11-20)32(29,30)25-19-6-4-16(5-7-19)23(28)26-14-2-3-17(15-26)22(27)24-18-8-9-18/h4-7,10-13,17-18,25H,2-3,8-9,14-15H2,1H3,(H,24,27). The van der Waals surface area contributed by atoms with E-state index in [1.54, 1.807) is 41.3 Å². The summed E-state index contributed by atoms with van der Waals surface area (Å²) in [4.78, 5) is 27.1. The summed E-state index contributed by atoms with van der Waals surface area (Å²) in [5.74, 6) is 0.271. The second-order valence-corrected chi connectivity index (χ2v) is 9.91. The second-order valence-electron chi connectivity index (χ2n) is 8.23. The van der Waals surface area contributed by atoms with Crippen molar-refractivity contribution < 1.29 is 22.7 Å². The molecule has 2 aromatic carbocycles. The minimum Gasteiger partial charge on any atom is -0.497 e. The van der Waals surface area contributed by atoms with Gasteiger partial charge in [0.25, 0.3) is 15.9 Å². The van der Waals surface area contributed by atoms with Gasteiger partial charge < -0.3 is 15.0 Å². The molecule has 0 bridgehead atoms. The molecule has 2 fully saturated rings.